The number of aromatic carboxylic acids is 1. The van der Waals surface area contributed by atoms with Crippen molar-refractivity contribution in [3.63, 3.8) is 0 Å². The van der Waals surface area contributed by atoms with E-state index in [1.165, 1.54) is 13.2 Å². The van der Waals surface area contributed by atoms with Crippen LogP contribution in [0.2, 0.25) is 0 Å². The normalized spacial score (nSPS) is 12.0. The summed E-state index contributed by atoms with van der Waals surface area (Å²) in [4.78, 5) is 47.9. The minimum atomic E-state index is -1.11. The number of carbonyl (C=O) groups is 4. The van der Waals surface area contributed by atoms with Gasteiger partial charge in [0.05, 0.1) is 12.7 Å². The second kappa shape index (κ2) is 9.92. The van der Waals surface area contributed by atoms with E-state index in [0.29, 0.717) is 16.5 Å². The Hall–Kier alpha value is -3.62. The Bertz CT molecular complexity index is 995. The van der Waals surface area contributed by atoms with Gasteiger partial charge in [0.1, 0.15) is 11.6 Å². The molecule has 0 unspecified atom stereocenters. The fourth-order valence-corrected chi connectivity index (χ4v) is 2.90. The van der Waals surface area contributed by atoms with Crippen molar-refractivity contribution < 1.29 is 33.8 Å². The molecule has 9 heteroatoms. The number of ether oxygens (including phenoxy) is 2. The molecule has 1 atom stereocenters. The number of rotatable bonds is 7. The number of anilines is 1. The van der Waals surface area contributed by atoms with Gasteiger partial charge in [0.15, 0.2) is 0 Å². The second-order valence-corrected chi connectivity index (χ2v) is 7.86. The number of methoxy groups -OCH3 is 1. The highest BCUT2D eigenvalue weighted by Gasteiger charge is 2.25. The predicted molar refractivity (Wildman–Crippen MR) is 114 cm³/mol. The fourth-order valence-electron chi connectivity index (χ4n) is 2.90. The molecule has 0 saturated carbocycles. The number of alkyl carbamates (subject to hydrolysis) is 1. The molecule has 0 bridgehead atoms. The summed E-state index contributed by atoms with van der Waals surface area (Å²) in [5, 5.41) is 15.7. The molecule has 2 aromatic carbocycles. The Kier molecular flexibility index (Phi) is 7.57. The largest absolute Gasteiger partial charge is 0.478 e. The van der Waals surface area contributed by atoms with E-state index in [9.17, 15) is 24.3 Å². The standard InChI is InChI=1S/C22H26N2O7/c1-22(2,3)31-21(29)24-17(20(28)30-4)9-10-18(25)23-14-11-13-7-5-6-8-15(13)16(12-14)19(26)27/h5-8,11-12,17H,9-10H2,1-4H3,(H,23,25)(H,24,29)(H,26,27)/t17-/m0/s1. The number of carboxylic acids is 1. The quantitative estimate of drug-likeness (QED) is 0.574. The zero-order chi connectivity index (χ0) is 23.2. The van der Waals surface area contributed by atoms with Crippen molar-refractivity contribution in [2.24, 2.45) is 0 Å². The molecule has 3 N–H and O–H groups in total. The van der Waals surface area contributed by atoms with Crippen LogP contribution >= 0.6 is 0 Å². The van der Waals surface area contributed by atoms with E-state index in [-0.39, 0.29) is 18.4 Å². The molecule has 0 aliphatic carbocycles. The van der Waals surface area contributed by atoms with Crippen molar-refractivity contribution in [1.29, 1.82) is 0 Å². The molecule has 0 heterocycles. The molecule has 0 fully saturated rings. The van der Waals surface area contributed by atoms with Crippen LogP contribution in [0.3, 0.4) is 0 Å². The van der Waals surface area contributed by atoms with Gasteiger partial charge < -0.3 is 25.2 Å². The van der Waals surface area contributed by atoms with E-state index in [1.807, 2.05) is 0 Å². The summed E-state index contributed by atoms with van der Waals surface area (Å²) in [5.41, 5.74) is -0.372. The van der Waals surface area contributed by atoms with Crippen LogP contribution in [0.15, 0.2) is 36.4 Å². The number of benzene rings is 2. The molecule has 9 nitrogen and oxygen atoms in total. The fraction of sp³-hybridized carbons (Fsp3) is 0.364. The van der Waals surface area contributed by atoms with Gasteiger partial charge >= 0.3 is 18.0 Å². The number of nitrogens with one attached hydrogen (secondary N) is 2. The summed E-state index contributed by atoms with van der Waals surface area (Å²) >= 11 is 0. The molecule has 166 valence electrons. The average Bonchev–Trinajstić information content (AvgIpc) is 2.68. The van der Waals surface area contributed by atoms with E-state index in [0.717, 1.165) is 0 Å². The Labute approximate surface area is 179 Å². The Morgan fingerprint density at radius 1 is 1.10 bits per heavy atom. The van der Waals surface area contributed by atoms with Crippen LogP contribution in [0.5, 0.6) is 0 Å². The van der Waals surface area contributed by atoms with Gasteiger partial charge in [-0.25, -0.2) is 14.4 Å². The summed E-state index contributed by atoms with van der Waals surface area (Å²) in [6, 6.07) is 8.90. The lowest BCUT2D eigenvalue weighted by molar-refractivity contribution is -0.143. The monoisotopic (exact) mass is 430 g/mol. The molecule has 2 rings (SSSR count). The summed E-state index contributed by atoms with van der Waals surface area (Å²) < 4.78 is 9.81. The molecule has 31 heavy (non-hydrogen) atoms. The van der Waals surface area contributed by atoms with Gasteiger partial charge in [-0.2, -0.15) is 0 Å². The van der Waals surface area contributed by atoms with E-state index in [4.69, 9.17) is 4.74 Å². The maximum Gasteiger partial charge on any atom is 0.408 e. The van der Waals surface area contributed by atoms with E-state index in [1.54, 1.807) is 51.1 Å². The summed E-state index contributed by atoms with van der Waals surface area (Å²) in [6.07, 6.45) is -0.953. The Morgan fingerprint density at radius 2 is 1.77 bits per heavy atom. The van der Waals surface area contributed by atoms with Gasteiger partial charge in [0.25, 0.3) is 0 Å². The van der Waals surface area contributed by atoms with Crippen molar-refractivity contribution in [3.05, 3.63) is 42.0 Å². The van der Waals surface area contributed by atoms with Crippen LogP contribution in [0.25, 0.3) is 10.8 Å². The first-order valence-electron chi connectivity index (χ1n) is 9.63. The van der Waals surface area contributed by atoms with Gasteiger partial charge in [-0.1, -0.05) is 24.3 Å². The molecular weight excluding hydrogens is 404 g/mol. The van der Waals surface area contributed by atoms with Gasteiger partial charge in [-0.15, -0.1) is 0 Å². The molecular formula is C22H26N2O7. The predicted octanol–water partition coefficient (Wildman–Crippen LogP) is 3.32. The van der Waals surface area contributed by atoms with Gasteiger partial charge in [0, 0.05) is 12.1 Å². The molecule has 0 spiro atoms. The first-order chi connectivity index (χ1) is 14.5. The molecule has 0 saturated heterocycles. The zero-order valence-electron chi connectivity index (χ0n) is 17.9. The third-order valence-corrected chi connectivity index (χ3v) is 4.21. The van der Waals surface area contributed by atoms with Crippen LogP contribution in [0, 0.1) is 0 Å². The lowest BCUT2D eigenvalue weighted by Gasteiger charge is -2.22. The van der Waals surface area contributed by atoms with Crippen LogP contribution in [0.1, 0.15) is 44.0 Å². The van der Waals surface area contributed by atoms with Crippen molar-refractivity contribution in [1.82, 2.24) is 5.32 Å². The molecule has 0 aliphatic heterocycles. The number of carbonyl (C=O) groups excluding carboxylic acids is 3. The van der Waals surface area contributed by atoms with Gasteiger partial charge in [-0.3, -0.25) is 4.79 Å². The highest BCUT2D eigenvalue weighted by atomic mass is 16.6. The Morgan fingerprint density at radius 3 is 2.39 bits per heavy atom. The molecule has 0 radical (unpaired) electrons. The van der Waals surface area contributed by atoms with Crippen molar-refractivity contribution in [2.75, 3.05) is 12.4 Å². The molecule has 2 aromatic rings. The third kappa shape index (κ3) is 6.98. The highest BCUT2D eigenvalue weighted by Crippen LogP contribution is 2.24. The zero-order valence-corrected chi connectivity index (χ0v) is 17.9. The van der Waals surface area contributed by atoms with E-state index < -0.39 is 35.6 Å². The average molecular weight is 430 g/mol. The number of hydrogen-bond acceptors (Lipinski definition) is 6. The van der Waals surface area contributed by atoms with E-state index in [2.05, 4.69) is 15.4 Å². The summed E-state index contributed by atoms with van der Waals surface area (Å²) in [6.45, 7) is 5.05. The van der Waals surface area contributed by atoms with Crippen molar-refractivity contribution >= 4 is 40.4 Å². The van der Waals surface area contributed by atoms with Crippen LogP contribution < -0.4 is 10.6 Å². The topological polar surface area (TPSA) is 131 Å². The highest BCUT2D eigenvalue weighted by molar-refractivity contribution is 6.06. The van der Waals surface area contributed by atoms with Crippen molar-refractivity contribution in [3.8, 4) is 0 Å². The molecule has 0 aliphatic rings. The number of carboxylic acid groups (broad SMARTS) is 1. The molecule has 2 amide bonds. The maximum absolute atomic E-state index is 12.4. The van der Waals surface area contributed by atoms with Crippen molar-refractivity contribution in [2.45, 2.75) is 45.3 Å². The summed E-state index contributed by atoms with van der Waals surface area (Å²) in [5.74, 6) is -2.27. The van der Waals surface area contributed by atoms with Crippen LogP contribution in [-0.4, -0.2) is 47.8 Å². The van der Waals surface area contributed by atoms with Gasteiger partial charge in [0.2, 0.25) is 5.91 Å². The lowest BCUT2D eigenvalue weighted by atomic mass is 10.0. The number of fused-ring (bicyclic) bond motifs is 1. The number of hydrogen-bond donors (Lipinski definition) is 3. The second-order valence-electron chi connectivity index (χ2n) is 7.86. The SMILES string of the molecule is COC(=O)[C@H](CCC(=O)Nc1cc(C(=O)O)c2ccccc2c1)NC(=O)OC(C)(C)C. The summed E-state index contributed by atoms with van der Waals surface area (Å²) in [7, 11) is 1.18. The van der Waals surface area contributed by atoms with Crippen LogP contribution in [-0.2, 0) is 19.1 Å². The lowest BCUT2D eigenvalue weighted by Crippen LogP contribution is -2.44. The minimum Gasteiger partial charge on any atom is -0.478 e. The minimum absolute atomic E-state index is 0.0306. The van der Waals surface area contributed by atoms with Gasteiger partial charge in [-0.05, 0) is 50.1 Å². The van der Waals surface area contributed by atoms with Crippen LogP contribution in [0.4, 0.5) is 10.5 Å². The smallest absolute Gasteiger partial charge is 0.408 e. The Balaban J connectivity index is 2.07. The molecule has 0 aromatic heterocycles. The number of esters is 1. The maximum atomic E-state index is 12.4. The first kappa shape index (κ1) is 23.7. The van der Waals surface area contributed by atoms with E-state index >= 15 is 0 Å². The first-order valence-corrected chi connectivity index (χ1v) is 9.63. The number of amides is 2. The third-order valence-electron chi connectivity index (χ3n) is 4.21.